The molecule has 1 fully saturated rings. The standard InChI is InChI=1S/C12H11ClN4O/c13-9-6-12(18)16(8-9)10-2-1-3-11(7-10)17-14-4-5-15-17/h1-5,7,9H,6,8H2. The summed E-state index contributed by atoms with van der Waals surface area (Å²) in [6, 6.07) is 7.54. The predicted octanol–water partition coefficient (Wildman–Crippen LogP) is 1.61. The molecule has 0 spiro atoms. The van der Waals surface area contributed by atoms with Crippen molar-refractivity contribution in [3.8, 4) is 5.69 Å². The van der Waals surface area contributed by atoms with Crippen molar-refractivity contribution in [3.05, 3.63) is 36.7 Å². The van der Waals surface area contributed by atoms with E-state index in [0.717, 1.165) is 11.4 Å². The number of benzene rings is 1. The topological polar surface area (TPSA) is 51.0 Å². The molecule has 1 atom stereocenters. The Morgan fingerprint density at radius 1 is 1.22 bits per heavy atom. The Bertz CT molecular complexity index is 569. The van der Waals surface area contributed by atoms with Crippen molar-refractivity contribution >= 4 is 23.2 Å². The number of hydrogen-bond acceptors (Lipinski definition) is 3. The molecule has 0 N–H and O–H groups in total. The van der Waals surface area contributed by atoms with Crippen LogP contribution in [0.5, 0.6) is 0 Å². The van der Waals surface area contributed by atoms with Gasteiger partial charge in [-0.25, -0.2) is 0 Å². The molecule has 1 saturated heterocycles. The van der Waals surface area contributed by atoms with Crippen LogP contribution in [0.3, 0.4) is 0 Å². The molecule has 2 heterocycles. The van der Waals surface area contributed by atoms with Crippen LogP contribution in [0.2, 0.25) is 0 Å². The van der Waals surface area contributed by atoms with Gasteiger partial charge in [0.15, 0.2) is 0 Å². The van der Waals surface area contributed by atoms with E-state index >= 15 is 0 Å². The van der Waals surface area contributed by atoms with Gasteiger partial charge in [0.1, 0.15) is 0 Å². The van der Waals surface area contributed by atoms with Crippen LogP contribution < -0.4 is 4.90 Å². The first-order valence-electron chi connectivity index (χ1n) is 5.65. The number of carbonyl (C=O) groups excluding carboxylic acids is 1. The molecule has 0 bridgehead atoms. The predicted molar refractivity (Wildman–Crippen MR) is 68.0 cm³/mol. The van der Waals surface area contributed by atoms with E-state index < -0.39 is 0 Å². The SMILES string of the molecule is O=C1CC(Cl)CN1c1cccc(-n2nccn2)c1. The van der Waals surface area contributed by atoms with Crippen LogP contribution in [0.1, 0.15) is 6.42 Å². The molecule has 1 amide bonds. The lowest BCUT2D eigenvalue weighted by atomic mass is 10.2. The average Bonchev–Trinajstić information content (AvgIpc) is 2.99. The van der Waals surface area contributed by atoms with Gasteiger partial charge in [-0.2, -0.15) is 15.0 Å². The van der Waals surface area contributed by atoms with Gasteiger partial charge in [-0.1, -0.05) is 6.07 Å². The van der Waals surface area contributed by atoms with Gasteiger partial charge in [0.25, 0.3) is 0 Å². The van der Waals surface area contributed by atoms with Gasteiger partial charge in [-0.15, -0.1) is 11.6 Å². The molecule has 1 unspecified atom stereocenters. The number of rotatable bonds is 2. The fourth-order valence-electron chi connectivity index (χ4n) is 2.05. The summed E-state index contributed by atoms with van der Waals surface area (Å²) in [4.78, 5) is 15.0. The first kappa shape index (κ1) is 11.2. The van der Waals surface area contributed by atoms with Gasteiger partial charge in [0.05, 0.1) is 23.5 Å². The van der Waals surface area contributed by atoms with Crippen LogP contribution in [0.4, 0.5) is 5.69 Å². The van der Waals surface area contributed by atoms with Crippen molar-refractivity contribution in [3.63, 3.8) is 0 Å². The van der Waals surface area contributed by atoms with Gasteiger partial charge in [-0.3, -0.25) is 4.79 Å². The number of amides is 1. The Kier molecular flexibility index (Phi) is 2.76. The maximum Gasteiger partial charge on any atom is 0.228 e. The summed E-state index contributed by atoms with van der Waals surface area (Å²) in [5.41, 5.74) is 1.65. The molecular weight excluding hydrogens is 252 g/mol. The number of hydrogen-bond donors (Lipinski definition) is 0. The Morgan fingerprint density at radius 3 is 2.61 bits per heavy atom. The van der Waals surface area contributed by atoms with Crippen LogP contribution >= 0.6 is 11.6 Å². The van der Waals surface area contributed by atoms with Crippen molar-refractivity contribution in [1.29, 1.82) is 0 Å². The first-order chi connectivity index (χ1) is 8.74. The van der Waals surface area contributed by atoms with E-state index in [4.69, 9.17) is 11.6 Å². The molecule has 5 nitrogen and oxygen atoms in total. The van der Waals surface area contributed by atoms with Gasteiger partial charge >= 0.3 is 0 Å². The molecule has 0 aliphatic carbocycles. The third-order valence-corrected chi connectivity index (χ3v) is 3.16. The molecule has 1 aromatic heterocycles. The first-order valence-corrected chi connectivity index (χ1v) is 6.09. The lowest BCUT2D eigenvalue weighted by molar-refractivity contribution is -0.117. The van der Waals surface area contributed by atoms with Gasteiger partial charge in [0, 0.05) is 18.7 Å². The van der Waals surface area contributed by atoms with E-state index in [1.165, 1.54) is 4.80 Å². The minimum Gasteiger partial charge on any atom is -0.311 e. The highest BCUT2D eigenvalue weighted by molar-refractivity contribution is 6.24. The number of anilines is 1. The molecule has 2 aromatic rings. The Hall–Kier alpha value is -1.88. The molecule has 1 aromatic carbocycles. The molecule has 1 aliphatic rings. The van der Waals surface area contributed by atoms with Crippen molar-refractivity contribution < 1.29 is 4.79 Å². The van der Waals surface area contributed by atoms with Crippen LogP contribution in [-0.4, -0.2) is 32.8 Å². The second-order valence-corrected chi connectivity index (χ2v) is 4.76. The van der Waals surface area contributed by atoms with Crippen LogP contribution in [0, 0.1) is 0 Å². The fourth-order valence-corrected chi connectivity index (χ4v) is 2.32. The summed E-state index contributed by atoms with van der Waals surface area (Å²) < 4.78 is 0. The average molecular weight is 263 g/mol. The summed E-state index contributed by atoms with van der Waals surface area (Å²) in [6.45, 7) is 0.552. The van der Waals surface area contributed by atoms with E-state index in [1.54, 1.807) is 17.3 Å². The highest BCUT2D eigenvalue weighted by Crippen LogP contribution is 2.25. The van der Waals surface area contributed by atoms with E-state index in [2.05, 4.69) is 10.2 Å². The highest BCUT2D eigenvalue weighted by Gasteiger charge is 2.29. The number of halogens is 1. The summed E-state index contributed by atoms with van der Waals surface area (Å²) >= 11 is 6.00. The second-order valence-electron chi connectivity index (χ2n) is 4.14. The monoisotopic (exact) mass is 262 g/mol. The van der Waals surface area contributed by atoms with E-state index in [1.807, 2.05) is 24.3 Å². The normalized spacial score (nSPS) is 19.5. The maximum atomic E-state index is 11.8. The molecule has 6 heteroatoms. The molecular formula is C12H11ClN4O. The van der Waals surface area contributed by atoms with Gasteiger partial charge < -0.3 is 4.90 Å². The Morgan fingerprint density at radius 2 is 1.94 bits per heavy atom. The Balaban J connectivity index is 1.94. The lowest BCUT2D eigenvalue weighted by Gasteiger charge is -2.16. The molecule has 3 rings (SSSR count). The van der Waals surface area contributed by atoms with E-state index in [0.29, 0.717) is 13.0 Å². The zero-order valence-corrected chi connectivity index (χ0v) is 10.3. The largest absolute Gasteiger partial charge is 0.311 e. The summed E-state index contributed by atoms with van der Waals surface area (Å²) in [5.74, 6) is 0.0561. The van der Waals surface area contributed by atoms with E-state index in [-0.39, 0.29) is 11.3 Å². The van der Waals surface area contributed by atoms with Gasteiger partial charge in [-0.05, 0) is 18.2 Å². The minimum atomic E-state index is -0.107. The summed E-state index contributed by atoms with van der Waals surface area (Å²) in [7, 11) is 0. The van der Waals surface area contributed by atoms with Crippen molar-refractivity contribution in [2.24, 2.45) is 0 Å². The third-order valence-electron chi connectivity index (χ3n) is 2.87. The highest BCUT2D eigenvalue weighted by atomic mass is 35.5. The van der Waals surface area contributed by atoms with Gasteiger partial charge in [0.2, 0.25) is 5.91 Å². The molecule has 0 saturated carbocycles. The molecule has 1 aliphatic heterocycles. The van der Waals surface area contributed by atoms with Crippen molar-refractivity contribution in [1.82, 2.24) is 15.0 Å². The molecule has 92 valence electrons. The van der Waals surface area contributed by atoms with Crippen molar-refractivity contribution in [2.75, 3.05) is 11.4 Å². The number of carbonyl (C=O) groups is 1. The zero-order chi connectivity index (χ0) is 12.5. The molecule has 0 radical (unpaired) electrons. The number of nitrogens with zero attached hydrogens (tertiary/aromatic N) is 4. The second kappa shape index (κ2) is 4.42. The van der Waals surface area contributed by atoms with Crippen LogP contribution in [-0.2, 0) is 4.79 Å². The zero-order valence-electron chi connectivity index (χ0n) is 9.53. The van der Waals surface area contributed by atoms with Crippen molar-refractivity contribution in [2.45, 2.75) is 11.8 Å². The van der Waals surface area contributed by atoms with Crippen LogP contribution in [0.15, 0.2) is 36.7 Å². The molecule has 18 heavy (non-hydrogen) atoms. The lowest BCUT2D eigenvalue weighted by Crippen LogP contribution is -2.24. The Labute approximate surface area is 109 Å². The fraction of sp³-hybridized carbons (Fsp3) is 0.250. The number of alkyl halides is 1. The summed E-state index contributed by atoms with van der Waals surface area (Å²) in [6.07, 6.45) is 3.62. The third kappa shape index (κ3) is 1.97. The summed E-state index contributed by atoms with van der Waals surface area (Å²) in [5, 5.41) is 8.02. The quantitative estimate of drug-likeness (QED) is 0.773. The maximum absolute atomic E-state index is 11.8. The van der Waals surface area contributed by atoms with E-state index in [9.17, 15) is 4.79 Å². The van der Waals surface area contributed by atoms with Crippen LogP contribution in [0.25, 0.3) is 5.69 Å². The minimum absolute atomic E-state index is 0.0561. The number of aromatic nitrogens is 3. The smallest absolute Gasteiger partial charge is 0.228 e.